The number of thiazole rings is 1. The second-order valence-electron chi connectivity index (χ2n) is 7.16. The number of amides is 1. The Morgan fingerprint density at radius 3 is 2.70 bits per heavy atom. The van der Waals surface area contributed by atoms with Crippen LogP contribution in [0.3, 0.4) is 0 Å². The lowest BCUT2D eigenvalue weighted by atomic mass is 10.1. The van der Waals surface area contributed by atoms with Gasteiger partial charge in [-0.3, -0.25) is 4.79 Å². The number of nitrogens with zero attached hydrogens (tertiary/aromatic N) is 5. The molecule has 3 rings (SSSR count). The quantitative estimate of drug-likeness (QED) is 0.633. The predicted octanol–water partition coefficient (Wildman–Crippen LogP) is 3.67. The van der Waals surface area contributed by atoms with E-state index < -0.39 is 0 Å². The van der Waals surface area contributed by atoms with Crippen LogP contribution in [0.5, 0.6) is 0 Å². The summed E-state index contributed by atoms with van der Waals surface area (Å²) in [6.45, 7) is 8.18. The Bertz CT molecular complexity index is 911. The van der Waals surface area contributed by atoms with Crippen LogP contribution in [0, 0.1) is 6.92 Å². The number of thioether (sulfide) groups is 1. The molecule has 0 saturated carbocycles. The van der Waals surface area contributed by atoms with Gasteiger partial charge in [0.15, 0.2) is 0 Å². The lowest BCUT2D eigenvalue weighted by Gasteiger charge is -2.19. The Hall–Kier alpha value is -2.26. The highest BCUT2D eigenvalue weighted by Crippen LogP contribution is 2.25. The minimum absolute atomic E-state index is 0.0657. The fourth-order valence-electron chi connectivity index (χ4n) is 2.30. The Morgan fingerprint density at radius 2 is 2.00 bits per heavy atom. The maximum Gasteiger partial charge on any atom is 0.231 e. The Balaban J connectivity index is 1.55. The largest absolute Gasteiger partial charge is 0.326 e. The Morgan fingerprint density at radius 1 is 1.26 bits per heavy atom. The number of carbonyl (C=O) groups is 1. The number of tetrazole rings is 1. The van der Waals surface area contributed by atoms with Gasteiger partial charge in [0.2, 0.25) is 11.1 Å². The van der Waals surface area contributed by atoms with E-state index in [4.69, 9.17) is 0 Å². The van der Waals surface area contributed by atoms with Crippen molar-refractivity contribution in [2.24, 2.45) is 0 Å². The molecule has 9 heteroatoms. The summed E-state index contributed by atoms with van der Waals surface area (Å²) in [5, 5.41) is 18.3. The smallest absolute Gasteiger partial charge is 0.231 e. The highest BCUT2D eigenvalue weighted by molar-refractivity contribution is 7.98. The zero-order valence-corrected chi connectivity index (χ0v) is 17.4. The van der Waals surface area contributed by atoms with Gasteiger partial charge < -0.3 is 5.32 Å². The van der Waals surface area contributed by atoms with Crippen LogP contribution >= 0.6 is 23.1 Å². The van der Waals surface area contributed by atoms with E-state index in [-0.39, 0.29) is 17.9 Å². The summed E-state index contributed by atoms with van der Waals surface area (Å²) in [5.41, 5.74) is 2.71. The molecule has 0 bridgehead atoms. The molecule has 3 aromatic rings. The molecule has 2 heterocycles. The zero-order valence-electron chi connectivity index (χ0n) is 15.8. The first-order valence-corrected chi connectivity index (χ1v) is 10.4. The first kappa shape index (κ1) is 19.5. The number of carbonyl (C=O) groups excluding carboxylic acids is 1. The maximum absolute atomic E-state index is 12.2. The Kier molecular flexibility index (Phi) is 5.91. The van der Waals surface area contributed by atoms with Gasteiger partial charge in [0.25, 0.3) is 0 Å². The fourth-order valence-corrected chi connectivity index (χ4v) is 4.15. The molecule has 0 saturated heterocycles. The standard InChI is InChI=1S/C18H22N6OS2/c1-12-5-7-13(8-6-12)19-15(25)9-16-20-14(10-26-16)11-27-17-21-22-23-24(17)18(2,3)4/h5-8,10H,9,11H2,1-4H3,(H,19,25). The number of aryl methyl sites for hydroxylation is 1. The maximum atomic E-state index is 12.2. The van der Waals surface area contributed by atoms with Crippen molar-refractivity contribution in [2.45, 2.75) is 50.6 Å². The first-order valence-electron chi connectivity index (χ1n) is 8.53. The van der Waals surface area contributed by atoms with E-state index >= 15 is 0 Å². The lowest BCUT2D eigenvalue weighted by Crippen LogP contribution is -2.24. The van der Waals surface area contributed by atoms with Crippen molar-refractivity contribution in [2.75, 3.05) is 5.32 Å². The SMILES string of the molecule is Cc1ccc(NC(=O)Cc2nc(CSc3nnnn3C(C)(C)C)cs2)cc1. The summed E-state index contributed by atoms with van der Waals surface area (Å²) in [6, 6.07) is 7.74. The molecule has 0 aliphatic carbocycles. The normalized spacial score (nSPS) is 11.6. The van der Waals surface area contributed by atoms with Gasteiger partial charge in [-0.1, -0.05) is 29.5 Å². The zero-order chi connectivity index (χ0) is 19.4. The summed E-state index contributed by atoms with van der Waals surface area (Å²) in [5.74, 6) is 0.594. The molecule has 2 aromatic heterocycles. The van der Waals surface area contributed by atoms with E-state index in [1.807, 2.05) is 36.6 Å². The molecule has 0 aliphatic heterocycles. The van der Waals surface area contributed by atoms with Crippen molar-refractivity contribution in [1.29, 1.82) is 0 Å². The topological polar surface area (TPSA) is 85.6 Å². The van der Waals surface area contributed by atoms with Gasteiger partial charge in [-0.2, -0.15) is 0 Å². The Labute approximate surface area is 166 Å². The monoisotopic (exact) mass is 402 g/mol. The molecular weight excluding hydrogens is 380 g/mol. The minimum Gasteiger partial charge on any atom is -0.326 e. The molecule has 1 amide bonds. The van der Waals surface area contributed by atoms with Crippen LogP contribution in [0.1, 0.15) is 37.0 Å². The lowest BCUT2D eigenvalue weighted by molar-refractivity contribution is -0.115. The van der Waals surface area contributed by atoms with Gasteiger partial charge in [0, 0.05) is 16.8 Å². The highest BCUT2D eigenvalue weighted by atomic mass is 32.2. The van der Waals surface area contributed by atoms with Crippen LogP contribution in [-0.2, 0) is 22.5 Å². The third-order valence-corrected chi connectivity index (χ3v) is 5.52. The average Bonchev–Trinajstić information content (AvgIpc) is 3.23. The van der Waals surface area contributed by atoms with Gasteiger partial charge in [-0.15, -0.1) is 16.4 Å². The number of rotatable bonds is 6. The molecule has 0 spiro atoms. The van der Waals surface area contributed by atoms with E-state index in [1.54, 1.807) is 16.4 Å². The van der Waals surface area contributed by atoms with E-state index in [9.17, 15) is 4.79 Å². The van der Waals surface area contributed by atoms with Gasteiger partial charge in [-0.05, 0) is 50.3 Å². The average molecular weight is 403 g/mol. The molecule has 0 atom stereocenters. The third-order valence-electron chi connectivity index (χ3n) is 3.67. The van der Waals surface area contributed by atoms with Gasteiger partial charge in [-0.25, -0.2) is 9.67 Å². The molecule has 0 radical (unpaired) electrons. The summed E-state index contributed by atoms with van der Waals surface area (Å²) in [6.07, 6.45) is 0.267. The van der Waals surface area contributed by atoms with E-state index in [0.29, 0.717) is 5.75 Å². The highest BCUT2D eigenvalue weighted by Gasteiger charge is 2.20. The molecular formula is C18H22N6OS2. The van der Waals surface area contributed by atoms with Crippen LogP contribution in [-0.4, -0.2) is 31.1 Å². The van der Waals surface area contributed by atoms with Crippen molar-refractivity contribution in [1.82, 2.24) is 25.2 Å². The van der Waals surface area contributed by atoms with Crippen molar-refractivity contribution < 1.29 is 4.79 Å². The molecule has 27 heavy (non-hydrogen) atoms. The van der Waals surface area contributed by atoms with E-state index in [1.165, 1.54) is 11.3 Å². The number of aromatic nitrogens is 5. The molecule has 0 fully saturated rings. The molecule has 1 aromatic carbocycles. The summed E-state index contributed by atoms with van der Waals surface area (Å²) >= 11 is 3.03. The van der Waals surface area contributed by atoms with E-state index in [0.717, 1.165) is 27.1 Å². The van der Waals surface area contributed by atoms with Gasteiger partial charge >= 0.3 is 0 Å². The molecule has 7 nitrogen and oxygen atoms in total. The molecule has 0 aliphatic rings. The van der Waals surface area contributed by atoms with Crippen molar-refractivity contribution in [3.8, 4) is 0 Å². The third kappa shape index (κ3) is 5.36. The fraction of sp³-hybridized carbons (Fsp3) is 0.389. The van der Waals surface area contributed by atoms with Crippen LogP contribution in [0.25, 0.3) is 0 Å². The van der Waals surface area contributed by atoms with Crippen LogP contribution < -0.4 is 5.32 Å². The summed E-state index contributed by atoms with van der Waals surface area (Å²) < 4.78 is 1.81. The van der Waals surface area contributed by atoms with Crippen molar-refractivity contribution in [3.63, 3.8) is 0 Å². The number of benzene rings is 1. The van der Waals surface area contributed by atoms with Gasteiger partial charge in [0.1, 0.15) is 5.01 Å². The first-order chi connectivity index (χ1) is 12.8. The number of hydrogen-bond donors (Lipinski definition) is 1. The van der Waals surface area contributed by atoms with Crippen molar-refractivity contribution in [3.05, 3.63) is 45.9 Å². The molecule has 142 valence electrons. The van der Waals surface area contributed by atoms with Crippen LogP contribution in [0.4, 0.5) is 5.69 Å². The second-order valence-corrected chi connectivity index (χ2v) is 9.04. The van der Waals surface area contributed by atoms with Gasteiger partial charge in [0.05, 0.1) is 17.7 Å². The second kappa shape index (κ2) is 8.18. The predicted molar refractivity (Wildman–Crippen MR) is 108 cm³/mol. The van der Waals surface area contributed by atoms with Crippen molar-refractivity contribution >= 4 is 34.7 Å². The van der Waals surface area contributed by atoms with E-state index in [2.05, 4.69) is 46.6 Å². The number of hydrogen-bond acceptors (Lipinski definition) is 7. The van der Waals surface area contributed by atoms with Crippen LogP contribution in [0.2, 0.25) is 0 Å². The minimum atomic E-state index is -0.173. The number of anilines is 1. The summed E-state index contributed by atoms with van der Waals surface area (Å²) in [4.78, 5) is 16.8. The molecule has 0 unspecified atom stereocenters. The molecule has 1 N–H and O–H groups in total. The van der Waals surface area contributed by atoms with Crippen LogP contribution in [0.15, 0.2) is 34.8 Å². The summed E-state index contributed by atoms with van der Waals surface area (Å²) in [7, 11) is 0. The number of nitrogens with one attached hydrogen (secondary N) is 1.